The number of carbonyl (C=O) groups is 1. The van der Waals surface area contributed by atoms with Crippen LogP contribution in [0.1, 0.15) is 17.8 Å². The van der Waals surface area contributed by atoms with Gasteiger partial charge in [0.2, 0.25) is 10.0 Å². The summed E-state index contributed by atoms with van der Waals surface area (Å²) in [6, 6.07) is 12.1. The highest BCUT2D eigenvalue weighted by molar-refractivity contribution is 7.89. The zero-order chi connectivity index (χ0) is 21.3. The van der Waals surface area contributed by atoms with Crippen molar-refractivity contribution in [1.29, 1.82) is 0 Å². The Morgan fingerprint density at radius 3 is 2.63 bits per heavy atom. The Kier molecular flexibility index (Phi) is 6.31. The van der Waals surface area contributed by atoms with Gasteiger partial charge in [0, 0.05) is 18.1 Å². The summed E-state index contributed by atoms with van der Waals surface area (Å²) in [6.45, 7) is 0.549. The van der Waals surface area contributed by atoms with Crippen LogP contribution in [0.25, 0.3) is 10.2 Å². The number of rotatable bonds is 5. The minimum atomic E-state index is -3.78. The van der Waals surface area contributed by atoms with Crippen molar-refractivity contribution in [1.82, 2.24) is 9.29 Å². The first-order valence-corrected chi connectivity index (χ1v) is 12.3. The van der Waals surface area contributed by atoms with Crippen molar-refractivity contribution in [2.24, 2.45) is 5.92 Å². The van der Waals surface area contributed by atoms with Crippen molar-refractivity contribution in [2.45, 2.75) is 24.3 Å². The van der Waals surface area contributed by atoms with Gasteiger partial charge in [0.05, 0.1) is 21.2 Å². The fourth-order valence-corrected chi connectivity index (χ4v) is 6.47. The molecule has 158 valence electrons. The van der Waals surface area contributed by atoms with Crippen LogP contribution in [0.15, 0.2) is 47.4 Å². The number of ether oxygens (including phenoxy) is 1. The van der Waals surface area contributed by atoms with Crippen LogP contribution >= 0.6 is 34.5 Å². The van der Waals surface area contributed by atoms with Crippen LogP contribution in [-0.2, 0) is 26.2 Å². The fourth-order valence-electron chi connectivity index (χ4n) is 3.38. The molecule has 2 aromatic carbocycles. The normalized spacial score (nSPS) is 16.1. The molecule has 1 aliphatic rings. The molecule has 0 aliphatic carbocycles. The molecule has 0 radical (unpaired) electrons. The number of thiazole rings is 1. The maximum absolute atomic E-state index is 12.9. The summed E-state index contributed by atoms with van der Waals surface area (Å²) in [7, 11) is -3.78. The number of nitrogens with zero attached hydrogens (tertiary/aromatic N) is 2. The molecule has 2 heterocycles. The minimum Gasteiger partial charge on any atom is -0.458 e. The Morgan fingerprint density at radius 2 is 1.90 bits per heavy atom. The lowest BCUT2D eigenvalue weighted by Crippen LogP contribution is -2.40. The molecule has 0 amide bonds. The van der Waals surface area contributed by atoms with Crippen LogP contribution in [0.5, 0.6) is 0 Å². The number of halogens is 2. The summed E-state index contributed by atoms with van der Waals surface area (Å²) in [5.41, 5.74) is 0.881. The molecule has 0 bridgehead atoms. The van der Waals surface area contributed by atoms with E-state index in [1.165, 1.54) is 33.8 Å². The Morgan fingerprint density at radius 1 is 1.17 bits per heavy atom. The number of piperidine rings is 1. The summed E-state index contributed by atoms with van der Waals surface area (Å²) in [5.74, 6) is -0.673. The van der Waals surface area contributed by atoms with E-state index in [1.807, 2.05) is 24.3 Å². The molecule has 1 aliphatic heterocycles. The molecule has 1 fully saturated rings. The molecule has 1 saturated heterocycles. The lowest BCUT2D eigenvalue weighted by atomic mass is 9.98. The molecule has 0 spiro atoms. The third kappa shape index (κ3) is 4.48. The number of carbonyl (C=O) groups excluding carboxylic acids is 1. The average Bonchev–Trinajstić information content (AvgIpc) is 3.17. The molecule has 6 nitrogen and oxygen atoms in total. The van der Waals surface area contributed by atoms with Crippen LogP contribution < -0.4 is 0 Å². The van der Waals surface area contributed by atoms with E-state index < -0.39 is 10.0 Å². The number of hydrogen-bond acceptors (Lipinski definition) is 6. The van der Waals surface area contributed by atoms with Crippen LogP contribution in [-0.4, -0.2) is 36.8 Å². The molecular weight excluding hydrogens is 467 g/mol. The molecule has 0 N–H and O–H groups in total. The molecule has 10 heteroatoms. The van der Waals surface area contributed by atoms with Crippen molar-refractivity contribution in [3.8, 4) is 0 Å². The Labute approximate surface area is 188 Å². The van der Waals surface area contributed by atoms with Gasteiger partial charge in [-0.15, -0.1) is 11.3 Å². The second-order valence-corrected chi connectivity index (χ2v) is 10.8. The predicted octanol–water partition coefficient (Wildman–Crippen LogP) is 4.75. The lowest BCUT2D eigenvalue weighted by Gasteiger charge is -2.30. The fraction of sp³-hybridized carbons (Fsp3) is 0.300. The molecule has 1 aromatic heterocycles. The third-order valence-electron chi connectivity index (χ3n) is 4.97. The number of benzene rings is 2. The van der Waals surface area contributed by atoms with Gasteiger partial charge in [0.15, 0.2) is 0 Å². The minimum absolute atomic E-state index is 0.0199. The molecular formula is C20H18Cl2N2O4S2. The molecule has 0 saturated carbocycles. The summed E-state index contributed by atoms with van der Waals surface area (Å²) in [5, 5.41) is 1.16. The number of hydrogen-bond donors (Lipinski definition) is 0. The van der Waals surface area contributed by atoms with Crippen molar-refractivity contribution < 1.29 is 17.9 Å². The molecule has 3 aromatic rings. The standard InChI is InChI=1S/C20H18Cl2N2O4S2/c21-14-5-6-15(22)18(11-14)30(26,27)24-9-7-13(8-10-24)20(25)28-12-19-23-16-3-1-2-4-17(16)29-19/h1-6,11,13H,7-10,12H2. The van der Waals surface area contributed by atoms with Crippen LogP contribution in [0.3, 0.4) is 0 Å². The van der Waals surface area contributed by atoms with Crippen molar-refractivity contribution in [2.75, 3.05) is 13.1 Å². The summed E-state index contributed by atoms with van der Waals surface area (Å²) in [6.07, 6.45) is 0.770. The maximum atomic E-state index is 12.9. The van der Waals surface area contributed by atoms with Gasteiger partial charge in [0.1, 0.15) is 16.5 Å². The Balaban J connectivity index is 1.35. The first kappa shape index (κ1) is 21.5. The lowest BCUT2D eigenvalue weighted by molar-refractivity contribution is -0.151. The van der Waals surface area contributed by atoms with Gasteiger partial charge in [-0.05, 0) is 43.2 Å². The zero-order valence-corrected chi connectivity index (χ0v) is 18.9. The maximum Gasteiger partial charge on any atom is 0.309 e. The van der Waals surface area contributed by atoms with Crippen LogP contribution in [0, 0.1) is 5.92 Å². The summed E-state index contributed by atoms with van der Waals surface area (Å²) >= 11 is 13.5. The molecule has 4 rings (SSSR count). The quantitative estimate of drug-likeness (QED) is 0.488. The van der Waals surface area contributed by atoms with E-state index in [9.17, 15) is 13.2 Å². The van der Waals surface area contributed by atoms with Gasteiger partial charge < -0.3 is 4.74 Å². The van der Waals surface area contributed by atoms with Crippen LogP contribution in [0.4, 0.5) is 0 Å². The smallest absolute Gasteiger partial charge is 0.309 e. The van der Waals surface area contributed by atoms with E-state index >= 15 is 0 Å². The molecule has 0 atom stereocenters. The first-order valence-electron chi connectivity index (χ1n) is 9.31. The van der Waals surface area contributed by atoms with Gasteiger partial charge in [-0.25, -0.2) is 13.4 Å². The monoisotopic (exact) mass is 484 g/mol. The Hall–Kier alpha value is -1.71. The van der Waals surface area contributed by atoms with Gasteiger partial charge in [-0.1, -0.05) is 35.3 Å². The summed E-state index contributed by atoms with van der Waals surface area (Å²) < 4.78 is 33.6. The topological polar surface area (TPSA) is 76.6 Å². The number of esters is 1. The van der Waals surface area contributed by atoms with E-state index in [2.05, 4.69) is 4.98 Å². The van der Waals surface area contributed by atoms with Gasteiger partial charge in [-0.2, -0.15) is 4.31 Å². The number of sulfonamides is 1. The van der Waals surface area contributed by atoms with Gasteiger partial charge in [-0.3, -0.25) is 4.79 Å². The number of fused-ring (bicyclic) bond motifs is 1. The van der Waals surface area contributed by atoms with Gasteiger partial charge >= 0.3 is 5.97 Å². The SMILES string of the molecule is O=C(OCc1nc2ccccc2s1)C1CCN(S(=O)(=O)c2cc(Cl)ccc2Cl)CC1. The number of aromatic nitrogens is 1. The van der Waals surface area contributed by atoms with E-state index in [-0.39, 0.29) is 41.5 Å². The van der Waals surface area contributed by atoms with Gasteiger partial charge in [0.25, 0.3) is 0 Å². The van der Waals surface area contributed by atoms with E-state index in [0.717, 1.165) is 15.2 Å². The molecule has 30 heavy (non-hydrogen) atoms. The first-order chi connectivity index (χ1) is 14.3. The highest BCUT2D eigenvalue weighted by atomic mass is 35.5. The second-order valence-electron chi connectivity index (χ2n) is 6.94. The average molecular weight is 485 g/mol. The zero-order valence-electron chi connectivity index (χ0n) is 15.8. The van der Waals surface area contributed by atoms with Crippen molar-refractivity contribution >= 4 is 60.7 Å². The van der Waals surface area contributed by atoms with Crippen LogP contribution in [0.2, 0.25) is 10.0 Å². The molecule has 0 unspecified atom stereocenters. The largest absolute Gasteiger partial charge is 0.458 e. The van der Waals surface area contributed by atoms with E-state index in [4.69, 9.17) is 27.9 Å². The highest BCUT2D eigenvalue weighted by Crippen LogP contribution is 2.31. The highest BCUT2D eigenvalue weighted by Gasteiger charge is 2.34. The predicted molar refractivity (Wildman–Crippen MR) is 117 cm³/mol. The number of para-hydroxylation sites is 1. The third-order valence-corrected chi connectivity index (χ3v) is 8.60. The Bertz CT molecular complexity index is 1160. The second kappa shape index (κ2) is 8.80. The van der Waals surface area contributed by atoms with E-state index in [0.29, 0.717) is 17.9 Å². The van der Waals surface area contributed by atoms with E-state index in [1.54, 1.807) is 0 Å². The van der Waals surface area contributed by atoms with Crippen molar-refractivity contribution in [3.05, 3.63) is 57.5 Å². The summed E-state index contributed by atoms with van der Waals surface area (Å²) in [4.78, 5) is 16.9. The van der Waals surface area contributed by atoms with Crippen molar-refractivity contribution in [3.63, 3.8) is 0 Å².